The summed E-state index contributed by atoms with van der Waals surface area (Å²) in [6.07, 6.45) is 3.55. The summed E-state index contributed by atoms with van der Waals surface area (Å²) in [5.41, 5.74) is 1.24. The Morgan fingerprint density at radius 2 is 1.75 bits per heavy atom. The normalized spacial score (nSPS) is 12.4. The highest BCUT2D eigenvalue weighted by atomic mass is 16.6. The van der Waals surface area contributed by atoms with Gasteiger partial charge >= 0.3 is 12.1 Å². The lowest BCUT2D eigenvalue weighted by molar-refractivity contribution is -0.136. The molecule has 194 valence electrons. The maximum atomic E-state index is 12.7. The molecule has 0 aliphatic rings. The number of carbonyl (C=O) groups excluding carboxylic acids is 2. The van der Waals surface area contributed by atoms with E-state index in [-0.39, 0.29) is 19.8 Å². The number of ether oxygens (including phenoxy) is 5. The van der Waals surface area contributed by atoms with Gasteiger partial charge in [0.25, 0.3) is 0 Å². The summed E-state index contributed by atoms with van der Waals surface area (Å²) >= 11 is 0. The molecule has 0 aliphatic carbocycles. The van der Waals surface area contributed by atoms with Crippen molar-refractivity contribution >= 4 is 17.7 Å². The number of aliphatic hydroxyl groups excluding tert-OH is 1. The molecule has 2 aromatic rings. The number of esters is 1. The van der Waals surface area contributed by atoms with Crippen molar-refractivity contribution in [2.24, 2.45) is 0 Å². The van der Waals surface area contributed by atoms with Gasteiger partial charge in [-0.1, -0.05) is 30.9 Å². The zero-order valence-electron chi connectivity index (χ0n) is 20.6. The zero-order valence-corrected chi connectivity index (χ0v) is 20.6. The molecule has 0 radical (unpaired) electrons. The number of hydrogen-bond acceptors (Lipinski definition) is 8. The van der Waals surface area contributed by atoms with Gasteiger partial charge in [0.05, 0.1) is 19.8 Å². The summed E-state index contributed by atoms with van der Waals surface area (Å²) in [4.78, 5) is 24.4. The van der Waals surface area contributed by atoms with Gasteiger partial charge < -0.3 is 28.8 Å². The van der Waals surface area contributed by atoms with Gasteiger partial charge in [-0.05, 0) is 54.8 Å². The number of benzene rings is 2. The minimum atomic E-state index is -0.749. The van der Waals surface area contributed by atoms with Crippen molar-refractivity contribution in [3.63, 3.8) is 0 Å². The second-order valence-electron chi connectivity index (χ2n) is 7.49. The highest BCUT2D eigenvalue weighted by Gasteiger charge is 2.27. The molecule has 0 saturated carbocycles. The molecule has 0 aliphatic heterocycles. The van der Waals surface area contributed by atoms with Crippen LogP contribution < -0.4 is 14.8 Å². The summed E-state index contributed by atoms with van der Waals surface area (Å²) in [6.45, 7) is 3.71. The van der Waals surface area contributed by atoms with E-state index < -0.39 is 24.3 Å². The summed E-state index contributed by atoms with van der Waals surface area (Å²) in [5.74, 6) is 0.773. The summed E-state index contributed by atoms with van der Waals surface area (Å²) < 4.78 is 26.9. The third kappa shape index (κ3) is 9.81. The molecule has 2 aromatic carbocycles. The number of amides is 1. The number of allylic oxidation sites excluding steroid dienone is 1. The van der Waals surface area contributed by atoms with Gasteiger partial charge in [0.1, 0.15) is 24.7 Å². The maximum Gasteiger partial charge on any atom is 0.412 e. The summed E-state index contributed by atoms with van der Waals surface area (Å²) in [6, 6.07) is 13.8. The Morgan fingerprint density at radius 1 is 1.06 bits per heavy atom. The number of anilines is 1. The van der Waals surface area contributed by atoms with Crippen LogP contribution in [0.15, 0.2) is 73.3 Å². The Hall–Kier alpha value is -3.82. The van der Waals surface area contributed by atoms with E-state index in [1.807, 2.05) is 0 Å². The fraction of sp³-hybridized carbons (Fsp3) is 0.333. The zero-order chi connectivity index (χ0) is 26.2. The van der Waals surface area contributed by atoms with Crippen molar-refractivity contribution in [2.45, 2.75) is 25.0 Å². The molecule has 0 saturated heterocycles. The number of nitrogens with one attached hydrogen (secondary N) is 1. The van der Waals surface area contributed by atoms with Gasteiger partial charge in [-0.25, -0.2) is 9.59 Å². The van der Waals surface area contributed by atoms with Crippen molar-refractivity contribution in [1.82, 2.24) is 0 Å². The average Bonchev–Trinajstić information content (AvgIpc) is 2.90. The Morgan fingerprint density at radius 3 is 2.36 bits per heavy atom. The van der Waals surface area contributed by atoms with Crippen molar-refractivity contribution < 1.29 is 38.4 Å². The summed E-state index contributed by atoms with van der Waals surface area (Å²) in [5, 5.41) is 11.7. The van der Waals surface area contributed by atoms with Crippen LogP contribution in [0.3, 0.4) is 0 Å². The molecule has 2 atom stereocenters. The van der Waals surface area contributed by atoms with Gasteiger partial charge in [-0.3, -0.25) is 5.32 Å². The first-order valence-electron chi connectivity index (χ1n) is 11.4. The van der Waals surface area contributed by atoms with E-state index in [0.717, 1.165) is 0 Å². The molecule has 0 bridgehead atoms. The van der Waals surface area contributed by atoms with Gasteiger partial charge in [-0.2, -0.15) is 0 Å². The van der Waals surface area contributed by atoms with Gasteiger partial charge in [0.15, 0.2) is 6.10 Å². The molecule has 36 heavy (non-hydrogen) atoms. The average molecular weight is 500 g/mol. The Bertz CT molecular complexity index is 972. The van der Waals surface area contributed by atoms with Gasteiger partial charge in [0.2, 0.25) is 0 Å². The van der Waals surface area contributed by atoms with Crippen LogP contribution in [0.4, 0.5) is 10.5 Å². The number of aliphatic hydroxyl groups is 1. The van der Waals surface area contributed by atoms with E-state index >= 15 is 0 Å². The second-order valence-corrected chi connectivity index (χ2v) is 7.49. The van der Waals surface area contributed by atoms with E-state index in [1.165, 1.54) is 19.3 Å². The van der Waals surface area contributed by atoms with Gasteiger partial charge in [0, 0.05) is 18.9 Å². The van der Waals surface area contributed by atoms with Crippen molar-refractivity contribution in [1.29, 1.82) is 0 Å². The van der Waals surface area contributed by atoms with Crippen LogP contribution >= 0.6 is 0 Å². The van der Waals surface area contributed by atoms with Crippen LogP contribution in [0.1, 0.15) is 24.5 Å². The quantitative estimate of drug-likeness (QED) is 0.210. The van der Waals surface area contributed by atoms with E-state index in [9.17, 15) is 9.59 Å². The lowest BCUT2D eigenvalue weighted by Crippen LogP contribution is -2.28. The minimum Gasteiger partial charge on any atom is -0.497 e. The molecule has 0 aromatic heterocycles. The first kappa shape index (κ1) is 28.4. The molecule has 0 fully saturated rings. The smallest absolute Gasteiger partial charge is 0.412 e. The molecule has 2 rings (SSSR count). The van der Waals surface area contributed by atoms with Crippen molar-refractivity contribution in [3.8, 4) is 11.5 Å². The minimum absolute atomic E-state index is 0.0978. The van der Waals surface area contributed by atoms with Crippen LogP contribution in [0.5, 0.6) is 11.5 Å². The lowest BCUT2D eigenvalue weighted by Gasteiger charge is -2.26. The second kappa shape index (κ2) is 16.0. The molecule has 9 heteroatoms. The molecule has 1 amide bonds. The number of rotatable bonds is 15. The van der Waals surface area contributed by atoms with Crippen LogP contribution in [-0.4, -0.2) is 57.3 Å². The molecular formula is C27H33NO8. The third-order valence-electron chi connectivity index (χ3n) is 4.99. The highest BCUT2D eigenvalue weighted by Crippen LogP contribution is 2.29. The predicted molar refractivity (Wildman–Crippen MR) is 135 cm³/mol. The fourth-order valence-corrected chi connectivity index (χ4v) is 3.23. The molecule has 9 nitrogen and oxygen atoms in total. The Labute approximate surface area is 211 Å². The van der Waals surface area contributed by atoms with Crippen LogP contribution in [0.2, 0.25) is 0 Å². The monoisotopic (exact) mass is 499 g/mol. The Kier molecular flexibility index (Phi) is 12.6. The van der Waals surface area contributed by atoms with E-state index in [0.29, 0.717) is 35.6 Å². The number of carbonyl (C=O) groups is 2. The van der Waals surface area contributed by atoms with E-state index in [1.54, 1.807) is 61.7 Å². The van der Waals surface area contributed by atoms with E-state index in [2.05, 4.69) is 11.9 Å². The molecular weight excluding hydrogens is 466 g/mol. The highest BCUT2D eigenvalue weighted by molar-refractivity contribution is 5.84. The largest absolute Gasteiger partial charge is 0.497 e. The SMILES string of the molecule is C=CCOC(=O)/C=C/CC[C@@H](OC)[C@H](OC(=O)Nc1ccc(OC)cc1)c1ccc(OCCO)cc1. The third-order valence-corrected chi connectivity index (χ3v) is 4.99. The first-order chi connectivity index (χ1) is 17.5. The van der Waals surface area contributed by atoms with Crippen LogP contribution in [-0.2, 0) is 19.0 Å². The molecule has 0 unspecified atom stereocenters. The maximum absolute atomic E-state index is 12.7. The van der Waals surface area contributed by atoms with Crippen molar-refractivity contribution in [3.05, 3.63) is 78.9 Å². The van der Waals surface area contributed by atoms with Crippen LogP contribution in [0.25, 0.3) is 0 Å². The van der Waals surface area contributed by atoms with Crippen LogP contribution in [0, 0.1) is 0 Å². The van der Waals surface area contributed by atoms with Gasteiger partial charge in [-0.15, -0.1) is 0 Å². The standard InChI is InChI=1S/C27H33NO8/c1-4-18-35-25(30)8-6-5-7-24(33-3)26(20-9-13-23(14-10-20)34-19-17-29)36-27(31)28-21-11-15-22(32-2)16-12-21/h4,6,8-16,24,26,29H,1,5,7,17-19H2,2-3H3,(H,28,31)/b8-6+/t24-,26-/m1/s1. The van der Waals surface area contributed by atoms with Crippen molar-refractivity contribution in [2.75, 3.05) is 39.4 Å². The summed E-state index contributed by atoms with van der Waals surface area (Å²) in [7, 11) is 3.09. The fourth-order valence-electron chi connectivity index (χ4n) is 3.23. The topological polar surface area (TPSA) is 113 Å². The number of hydrogen-bond donors (Lipinski definition) is 2. The first-order valence-corrected chi connectivity index (χ1v) is 11.4. The molecule has 0 heterocycles. The van der Waals surface area contributed by atoms with E-state index in [4.69, 9.17) is 28.8 Å². The predicted octanol–water partition coefficient (Wildman–Crippen LogP) is 4.44. The molecule has 0 spiro atoms. The lowest BCUT2D eigenvalue weighted by atomic mass is 10.00. The Balaban J connectivity index is 2.13. The molecule has 2 N–H and O–H groups in total. The number of methoxy groups -OCH3 is 2.